The van der Waals surface area contributed by atoms with Gasteiger partial charge in [-0.05, 0) is 29.8 Å². The Bertz CT molecular complexity index is 935. The van der Waals surface area contributed by atoms with Gasteiger partial charge in [0.1, 0.15) is 11.5 Å². The highest BCUT2D eigenvalue weighted by atomic mass is 35.5. The zero-order chi connectivity index (χ0) is 21.3. The van der Waals surface area contributed by atoms with E-state index in [1.165, 1.54) is 0 Å². The van der Waals surface area contributed by atoms with Crippen molar-refractivity contribution in [3.05, 3.63) is 47.0 Å². The fraction of sp³-hybridized carbons (Fsp3) is 0.435. The predicted octanol–water partition coefficient (Wildman–Crippen LogP) is 3.96. The summed E-state index contributed by atoms with van der Waals surface area (Å²) in [4.78, 5) is 17.4. The van der Waals surface area contributed by atoms with Gasteiger partial charge >= 0.3 is 0 Å². The highest BCUT2D eigenvalue weighted by Gasteiger charge is 2.39. The van der Waals surface area contributed by atoms with Crippen molar-refractivity contribution < 1.29 is 19.0 Å². The van der Waals surface area contributed by atoms with Gasteiger partial charge in [0.05, 0.1) is 26.4 Å². The average molecular weight is 431 g/mol. The molecule has 2 aliphatic rings. The first-order valence-corrected chi connectivity index (χ1v) is 10.5. The van der Waals surface area contributed by atoms with Crippen molar-refractivity contribution in [2.45, 2.75) is 24.9 Å². The van der Waals surface area contributed by atoms with Gasteiger partial charge in [0.25, 0.3) is 0 Å². The normalized spacial score (nSPS) is 21.9. The molecule has 2 fully saturated rings. The van der Waals surface area contributed by atoms with E-state index in [9.17, 15) is 4.79 Å². The molecule has 0 N–H and O–H groups in total. The lowest BCUT2D eigenvalue weighted by Gasteiger charge is -2.48. The van der Waals surface area contributed by atoms with E-state index in [0.29, 0.717) is 40.9 Å². The maximum absolute atomic E-state index is 12.6. The van der Waals surface area contributed by atoms with Crippen molar-refractivity contribution >= 4 is 23.1 Å². The summed E-state index contributed by atoms with van der Waals surface area (Å²) in [5, 5.41) is 0.598. The van der Waals surface area contributed by atoms with Crippen LogP contribution in [0.3, 0.4) is 0 Å². The van der Waals surface area contributed by atoms with Crippen LogP contribution in [-0.2, 0) is 4.79 Å². The molecule has 0 aromatic heterocycles. The molecule has 0 unspecified atom stereocenters. The number of piperidine rings is 1. The Hall–Kier alpha value is -2.44. The third kappa shape index (κ3) is 3.94. The number of carbonyl (C=O) groups excluding carboxylic acids is 1. The molecule has 2 aromatic rings. The van der Waals surface area contributed by atoms with E-state index in [2.05, 4.69) is 9.80 Å². The number of piperazine rings is 1. The smallest absolute Gasteiger partial charge is 0.161 e. The number of ketones is 1. The van der Waals surface area contributed by atoms with E-state index in [4.69, 9.17) is 25.8 Å². The Morgan fingerprint density at radius 1 is 0.900 bits per heavy atom. The number of fused-ring (bicyclic) bond motifs is 1. The topological polar surface area (TPSA) is 51.2 Å². The summed E-state index contributed by atoms with van der Waals surface area (Å²) in [6.07, 6.45) is 1.10. The summed E-state index contributed by atoms with van der Waals surface area (Å²) in [5.41, 5.74) is 2.16. The molecule has 2 saturated heterocycles. The molecule has 7 heteroatoms. The molecule has 2 atom stereocenters. The van der Waals surface area contributed by atoms with Crippen molar-refractivity contribution in [3.63, 3.8) is 0 Å². The molecule has 160 valence electrons. The van der Waals surface area contributed by atoms with Gasteiger partial charge in [-0.15, -0.1) is 0 Å². The second kappa shape index (κ2) is 8.74. The van der Waals surface area contributed by atoms with Crippen LogP contribution in [0, 0.1) is 0 Å². The number of anilines is 1. The van der Waals surface area contributed by atoms with Crippen molar-refractivity contribution in [2.24, 2.45) is 0 Å². The molecular weight excluding hydrogens is 404 g/mol. The SMILES string of the molecule is COc1cc(N2CCN3[C@@H](CC(=O)C[C@H]3c3ccc(OC)c(OC)c3)C2)ccc1Cl. The molecule has 0 spiro atoms. The van der Waals surface area contributed by atoms with Gasteiger partial charge in [-0.25, -0.2) is 0 Å². The molecule has 4 rings (SSSR count). The Morgan fingerprint density at radius 3 is 2.40 bits per heavy atom. The van der Waals surface area contributed by atoms with Crippen molar-refractivity contribution in [1.29, 1.82) is 0 Å². The van der Waals surface area contributed by atoms with Crippen LogP contribution in [0.5, 0.6) is 17.2 Å². The fourth-order valence-corrected chi connectivity index (χ4v) is 4.78. The Kier molecular flexibility index (Phi) is 6.06. The van der Waals surface area contributed by atoms with Crippen molar-refractivity contribution in [2.75, 3.05) is 45.9 Å². The molecule has 0 bridgehead atoms. The lowest BCUT2D eigenvalue weighted by Crippen LogP contribution is -2.57. The zero-order valence-electron chi connectivity index (χ0n) is 17.6. The highest BCUT2D eigenvalue weighted by Crippen LogP contribution is 2.39. The van der Waals surface area contributed by atoms with E-state index >= 15 is 0 Å². The van der Waals surface area contributed by atoms with E-state index < -0.39 is 0 Å². The lowest BCUT2D eigenvalue weighted by atomic mass is 9.88. The maximum Gasteiger partial charge on any atom is 0.161 e. The molecule has 6 nitrogen and oxygen atoms in total. The van der Waals surface area contributed by atoms with Gasteiger partial charge in [0.2, 0.25) is 0 Å². The molecule has 2 heterocycles. The van der Waals surface area contributed by atoms with Crippen LogP contribution in [0.1, 0.15) is 24.4 Å². The number of methoxy groups -OCH3 is 3. The summed E-state index contributed by atoms with van der Waals surface area (Å²) < 4.78 is 16.2. The Labute approximate surface area is 182 Å². The van der Waals surface area contributed by atoms with E-state index in [1.807, 2.05) is 36.4 Å². The summed E-state index contributed by atoms with van der Waals surface area (Å²) in [6.45, 7) is 2.54. The molecule has 0 aliphatic carbocycles. The number of benzene rings is 2. The minimum absolute atomic E-state index is 0.0537. The molecule has 0 saturated carbocycles. The quantitative estimate of drug-likeness (QED) is 0.715. The molecule has 0 radical (unpaired) electrons. The van der Waals surface area contributed by atoms with Crippen LogP contribution >= 0.6 is 11.6 Å². The van der Waals surface area contributed by atoms with Gasteiger partial charge in [-0.1, -0.05) is 17.7 Å². The number of Topliss-reactive ketones (excluding diaryl/α,β-unsaturated/α-hetero) is 1. The van der Waals surface area contributed by atoms with Gasteiger partial charge in [-0.3, -0.25) is 9.69 Å². The number of hydrogen-bond acceptors (Lipinski definition) is 6. The Balaban J connectivity index is 1.57. The minimum Gasteiger partial charge on any atom is -0.495 e. The summed E-state index contributed by atoms with van der Waals surface area (Å²) in [5.74, 6) is 2.35. The van der Waals surface area contributed by atoms with Crippen LogP contribution < -0.4 is 19.1 Å². The van der Waals surface area contributed by atoms with Gasteiger partial charge in [0, 0.05) is 56.3 Å². The first kappa shape index (κ1) is 20.8. The van der Waals surface area contributed by atoms with Gasteiger partial charge in [0.15, 0.2) is 11.5 Å². The number of halogens is 1. The van der Waals surface area contributed by atoms with Crippen LogP contribution in [-0.4, -0.2) is 57.7 Å². The first-order chi connectivity index (χ1) is 14.5. The number of ether oxygens (including phenoxy) is 3. The standard InChI is InChI=1S/C23H27ClN2O4/c1-28-21-7-4-15(10-23(21)30-3)20-13-18(27)11-17-14-25(8-9-26(17)20)16-5-6-19(24)22(12-16)29-2/h4-7,10,12,17,20H,8-9,11,13-14H2,1-3H3/t17-,20-/m0/s1. The molecule has 2 aliphatic heterocycles. The van der Waals surface area contributed by atoms with Crippen LogP contribution in [0.25, 0.3) is 0 Å². The maximum atomic E-state index is 12.6. The van der Waals surface area contributed by atoms with E-state index in [-0.39, 0.29) is 12.1 Å². The second-order valence-electron chi connectivity index (χ2n) is 7.73. The monoisotopic (exact) mass is 430 g/mol. The third-order valence-corrected chi connectivity index (χ3v) is 6.42. The second-order valence-corrected chi connectivity index (χ2v) is 8.14. The average Bonchev–Trinajstić information content (AvgIpc) is 2.77. The van der Waals surface area contributed by atoms with Crippen molar-refractivity contribution in [3.8, 4) is 17.2 Å². The molecular formula is C23H27ClN2O4. The van der Waals surface area contributed by atoms with Gasteiger partial charge in [-0.2, -0.15) is 0 Å². The number of hydrogen-bond donors (Lipinski definition) is 0. The van der Waals surface area contributed by atoms with Crippen LogP contribution in [0.2, 0.25) is 5.02 Å². The molecule has 0 amide bonds. The first-order valence-electron chi connectivity index (χ1n) is 10.1. The predicted molar refractivity (Wildman–Crippen MR) is 117 cm³/mol. The summed E-state index contributed by atoms with van der Waals surface area (Å²) >= 11 is 6.18. The highest BCUT2D eigenvalue weighted by molar-refractivity contribution is 6.32. The number of nitrogens with zero attached hydrogens (tertiary/aromatic N) is 2. The third-order valence-electron chi connectivity index (χ3n) is 6.11. The van der Waals surface area contributed by atoms with Crippen molar-refractivity contribution in [1.82, 2.24) is 4.90 Å². The fourth-order valence-electron chi connectivity index (χ4n) is 4.59. The van der Waals surface area contributed by atoms with E-state index in [1.54, 1.807) is 21.3 Å². The van der Waals surface area contributed by atoms with Crippen LogP contribution in [0.15, 0.2) is 36.4 Å². The zero-order valence-corrected chi connectivity index (χ0v) is 18.3. The minimum atomic E-state index is 0.0537. The summed E-state index contributed by atoms with van der Waals surface area (Å²) in [6, 6.07) is 12.0. The van der Waals surface area contributed by atoms with Crippen LogP contribution in [0.4, 0.5) is 5.69 Å². The number of carbonyl (C=O) groups is 1. The molecule has 30 heavy (non-hydrogen) atoms. The van der Waals surface area contributed by atoms with Gasteiger partial charge < -0.3 is 19.1 Å². The largest absolute Gasteiger partial charge is 0.495 e. The lowest BCUT2D eigenvalue weighted by molar-refractivity contribution is -0.125. The Morgan fingerprint density at radius 2 is 1.67 bits per heavy atom. The number of rotatable bonds is 5. The van der Waals surface area contributed by atoms with E-state index in [0.717, 1.165) is 30.9 Å². The molecule has 2 aromatic carbocycles. The summed E-state index contributed by atoms with van der Waals surface area (Å²) in [7, 11) is 4.88.